The first-order chi connectivity index (χ1) is 11.2. The Bertz CT molecular complexity index is 787. The van der Waals surface area contributed by atoms with Crippen molar-refractivity contribution in [3.63, 3.8) is 0 Å². The predicted octanol–water partition coefficient (Wildman–Crippen LogP) is 2.30. The number of benzene rings is 1. The highest BCUT2D eigenvalue weighted by Crippen LogP contribution is 2.22. The zero-order valence-electron chi connectivity index (χ0n) is 14.1. The van der Waals surface area contributed by atoms with Crippen LogP contribution in [0.4, 0.5) is 0 Å². The van der Waals surface area contributed by atoms with Crippen LogP contribution in [-0.2, 0) is 13.1 Å². The van der Waals surface area contributed by atoms with Crippen molar-refractivity contribution in [1.29, 1.82) is 5.26 Å². The predicted molar refractivity (Wildman–Crippen MR) is 102 cm³/mol. The van der Waals surface area contributed by atoms with E-state index < -0.39 is 0 Å². The second kappa shape index (κ2) is 9.62. The molecule has 1 aliphatic rings. The molecule has 8 heteroatoms. The van der Waals surface area contributed by atoms with Crippen LogP contribution in [0.1, 0.15) is 42.6 Å². The Hall–Kier alpha value is -1.81. The van der Waals surface area contributed by atoms with Gasteiger partial charge in [0.1, 0.15) is 5.82 Å². The molecule has 136 valence electrons. The molecule has 0 amide bonds. The summed E-state index contributed by atoms with van der Waals surface area (Å²) in [6, 6.07) is 9.53. The van der Waals surface area contributed by atoms with Crippen LogP contribution in [0, 0.1) is 11.3 Å². The first kappa shape index (κ1) is 21.2. The molecule has 0 unspecified atom stereocenters. The highest BCUT2D eigenvalue weighted by atomic mass is 35.5. The lowest BCUT2D eigenvalue weighted by Gasteiger charge is -2.21. The van der Waals surface area contributed by atoms with Crippen molar-refractivity contribution >= 4 is 24.8 Å². The fourth-order valence-electron chi connectivity index (χ4n) is 3.17. The van der Waals surface area contributed by atoms with Crippen LogP contribution in [0.25, 0.3) is 0 Å². The number of nitrogens with zero attached hydrogens (tertiary/aromatic N) is 4. The van der Waals surface area contributed by atoms with Gasteiger partial charge in [0, 0.05) is 12.5 Å². The molecular formula is C17H23Cl2N5O. The molecule has 2 heterocycles. The molecule has 6 nitrogen and oxygen atoms in total. The largest absolute Gasteiger partial charge is 0.346 e. The summed E-state index contributed by atoms with van der Waals surface area (Å²) >= 11 is 0. The Balaban J connectivity index is 0.00000156. The normalized spacial score (nSPS) is 14.2. The summed E-state index contributed by atoms with van der Waals surface area (Å²) in [5.74, 6) is 1.21. The van der Waals surface area contributed by atoms with E-state index in [-0.39, 0.29) is 30.5 Å². The van der Waals surface area contributed by atoms with E-state index in [9.17, 15) is 10.1 Å². The summed E-state index contributed by atoms with van der Waals surface area (Å²) in [4.78, 5) is 12.6. The molecule has 0 bridgehead atoms. The summed E-state index contributed by atoms with van der Waals surface area (Å²) in [6.07, 6.45) is 2.01. The Morgan fingerprint density at radius 2 is 1.96 bits per heavy atom. The number of halogens is 2. The number of aromatic nitrogens is 3. The number of rotatable bonds is 4. The third kappa shape index (κ3) is 4.43. The maximum Gasteiger partial charge on any atom is 0.346 e. The molecule has 0 spiro atoms. The molecule has 0 saturated carbocycles. The average Bonchev–Trinajstić information content (AvgIpc) is 2.92. The molecule has 1 N–H and O–H groups in total. The highest BCUT2D eigenvalue weighted by Gasteiger charge is 2.23. The van der Waals surface area contributed by atoms with Crippen molar-refractivity contribution in [3.05, 3.63) is 51.7 Å². The van der Waals surface area contributed by atoms with Crippen molar-refractivity contribution in [3.8, 4) is 6.07 Å². The minimum Gasteiger partial charge on any atom is -0.317 e. The van der Waals surface area contributed by atoms with Crippen molar-refractivity contribution in [1.82, 2.24) is 19.7 Å². The van der Waals surface area contributed by atoms with Crippen LogP contribution in [0.5, 0.6) is 0 Å². The summed E-state index contributed by atoms with van der Waals surface area (Å²) < 4.78 is 3.27. The Labute approximate surface area is 159 Å². The van der Waals surface area contributed by atoms with Gasteiger partial charge in [-0.15, -0.1) is 24.8 Å². The number of nitrogens with one attached hydrogen (secondary N) is 1. The molecule has 0 aliphatic carbocycles. The van der Waals surface area contributed by atoms with Crippen molar-refractivity contribution in [2.45, 2.75) is 38.8 Å². The van der Waals surface area contributed by atoms with Gasteiger partial charge < -0.3 is 5.32 Å². The van der Waals surface area contributed by atoms with Gasteiger partial charge in [-0.3, -0.25) is 4.57 Å². The van der Waals surface area contributed by atoms with Gasteiger partial charge in [-0.1, -0.05) is 18.2 Å². The van der Waals surface area contributed by atoms with E-state index in [0.29, 0.717) is 24.6 Å². The Morgan fingerprint density at radius 1 is 1.28 bits per heavy atom. The smallest absolute Gasteiger partial charge is 0.317 e. The molecule has 1 aromatic heterocycles. The second-order valence-corrected chi connectivity index (χ2v) is 5.84. The molecule has 1 aliphatic heterocycles. The molecule has 2 aromatic rings. The lowest BCUT2D eigenvalue weighted by atomic mass is 9.97. The van der Waals surface area contributed by atoms with Gasteiger partial charge in [-0.2, -0.15) is 10.4 Å². The Kier molecular flexibility index (Phi) is 8.17. The fourth-order valence-corrected chi connectivity index (χ4v) is 3.17. The van der Waals surface area contributed by atoms with Crippen molar-refractivity contribution < 1.29 is 0 Å². The van der Waals surface area contributed by atoms with E-state index in [1.54, 1.807) is 10.6 Å². The summed E-state index contributed by atoms with van der Waals surface area (Å²) in [6.45, 7) is 4.87. The lowest BCUT2D eigenvalue weighted by molar-refractivity contribution is 0.429. The van der Waals surface area contributed by atoms with Crippen LogP contribution < -0.4 is 11.0 Å². The minimum atomic E-state index is -0.0891. The lowest BCUT2D eigenvalue weighted by Crippen LogP contribution is -2.29. The third-order valence-corrected chi connectivity index (χ3v) is 4.43. The van der Waals surface area contributed by atoms with Crippen LogP contribution in [-0.4, -0.2) is 27.4 Å². The molecule has 0 radical (unpaired) electrons. The van der Waals surface area contributed by atoms with Crippen LogP contribution in [0.15, 0.2) is 29.1 Å². The zero-order chi connectivity index (χ0) is 16.2. The molecule has 1 saturated heterocycles. The number of piperidine rings is 1. The maximum absolute atomic E-state index is 12.6. The van der Waals surface area contributed by atoms with E-state index in [1.807, 2.05) is 25.1 Å². The first-order valence-electron chi connectivity index (χ1n) is 8.10. The van der Waals surface area contributed by atoms with E-state index >= 15 is 0 Å². The van der Waals surface area contributed by atoms with Gasteiger partial charge in [0.15, 0.2) is 0 Å². The SMILES string of the molecule is CCn1c(C2CCNCC2)nn(Cc2ccccc2C#N)c1=O.Cl.Cl. The van der Waals surface area contributed by atoms with E-state index in [4.69, 9.17) is 0 Å². The first-order valence-corrected chi connectivity index (χ1v) is 8.10. The number of nitriles is 1. The second-order valence-electron chi connectivity index (χ2n) is 5.84. The molecule has 1 fully saturated rings. The van der Waals surface area contributed by atoms with Crippen molar-refractivity contribution in [2.24, 2.45) is 0 Å². The topological polar surface area (TPSA) is 75.6 Å². The van der Waals surface area contributed by atoms with Crippen LogP contribution in [0.2, 0.25) is 0 Å². The van der Waals surface area contributed by atoms with Crippen LogP contribution >= 0.6 is 24.8 Å². The van der Waals surface area contributed by atoms with Gasteiger partial charge in [0.25, 0.3) is 0 Å². The molecule has 3 rings (SSSR count). The monoisotopic (exact) mass is 383 g/mol. The molecule has 1 aromatic carbocycles. The molecule has 25 heavy (non-hydrogen) atoms. The molecular weight excluding hydrogens is 361 g/mol. The number of hydrogen-bond donors (Lipinski definition) is 1. The fraction of sp³-hybridized carbons (Fsp3) is 0.471. The average molecular weight is 384 g/mol. The quantitative estimate of drug-likeness (QED) is 0.878. The van der Waals surface area contributed by atoms with Gasteiger partial charge in [0.2, 0.25) is 0 Å². The van der Waals surface area contributed by atoms with Gasteiger partial charge in [-0.25, -0.2) is 9.48 Å². The third-order valence-electron chi connectivity index (χ3n) is 4.43. The summed E-state index contributed by atoms with van der Waals surface area (Å²) in [7, 11) is 0. The van der Waals surface area contributed by atoms with E-state index in [2.05, 4.69) is 16.5 Å². The van der Waals surface area contributed by atoms with Gasteiger partial charge in [0.05, 0.1) is 18.2 Å². The summed E-state index contributed by atoms with van der Waals surface area (Å²) in [5, 5.41) is 17.2. The summed E-state index contributed by atoms with van der Waals surface area (Å²) in [5.41, 5.74) is 1.33. The zero-order valence-corrected chi connectivity index (χ0v) is 15.8. The van der Waals surface area contributed by atoms with Crippen molar-refractivity contribution in [2.75, 3.05) is 13.1 Å². The molecule has 0 atom stereocenters. The van der Waals surface area contributed by atoms with Crippen LogP contribution in [0.3, 0.4) is 0 Å². The number of hydrogen-bond acceptors (Lipinski definition) is 4. The van der Waals surface area contributed by atoms with Gasteiger partial charge in [-0.05, 0) is 44.5 Å². The minimum absolute atomic E-state index is 0. The highest BCUT2D eigenvalue weighted by molar-refractivity contribution is 5.85. The van der Waals surface area contributed by atoms with E-state index in [1.165, 1.54) is 4.68 Å². The van der Waals surface area contributed by atoms with Gasteiger partial charge >= 0.3 is 5.69 Å². The standard InChI is InChI=1S/C17H21N5O.2ClH/c1-2-21-16(13-7-9-19-10-8-13)20-22(17(21)23)12-15-6-4-3-5-14(15)11-18;;/h3-6,13,19H,2,7-10,12H2,1H3;2*1H. The maximum atomic E-state index is 12.6. The Morgan fingerprint density at radius 3 is 2.60 bits per heavy atom. The van der Waals surface area contributed by atoms with E-state index in [0.717, 1.165) is 37.3 Å².